The van der Waals surface area contributed by atoms with Crippen LogP contribution in [0.25, 0.3) is 10.1 Å². The van der Waals surface area contributed by atoms with E-state index < -0.39 is 0 Å². The first-order chi connectivity index (χ1) is 9.31. The number of carbonyl (C=O) groups excluding carboxylic acids is 1. The number of ether oxygens (including phenoxy) is 1. The summed E-state index contributed by atoms with van der Waals surface area (Å²) in [6, 6.07) is 8.11. The summed E-state index contributed by atoms with van der Waals surface area (Å²) in [7, 11) is 1.66. The molecule has 2 aromatic rings. The standard InChI is InChI=1S/C14H16N2O2S/c1-15-14(17)13-12(10-8-16-6-7-18-10)9-4-2-3-5-11(9)19-13/h2-5,10,16H,6-8H2,1H3,(H,15,17). The number of rotatable bonds is 2. The Kier molecular flexibility index (Phi) is 3.50. The quantitative estimate of drug-likeness (QED) is 0.881. The van der Waals surface area contributed by atoms with Gasteiger partial charge in [-0.3, -0.25) is 4.79 Å². The molecule has 1 saturated heterocycles. The average Bonchev–Trinajstić information content (AvgIpc) is 2.86. The van der Waals surface area contributed by atoms with Crippen molar-refractivity contribution >= 4 is 27.3 Å². The van der Waals surface area contributed by atoms with Crippen LogP contribution in [0.5, 0.6) is 0 Å². The van der Waals surface area contributed by atoms with Crippen LogP contribution in [0.15, 0.2) is 24.3 Å². The lowest BCUT2D eigenvalue weighted by Crippen LogP contribution is -2.34. The van der Waals surface area contributed by atoms with Gasteiger partial charge in [0, 0.05) is 30.4 Å². The zero-order valence-corrected chi connectivity index (χ0v) is 11.5. The average molecular weight is 276 g/mol. The molecule has 0 bridgehead atoms. The van der Waals surface area contributed by atoms with Gasteiger partial charge in [0.2, 0.25) is 0 Å². The molecule has 0 saturated carbocycles. The van der Waals surface area contributed by atoms with Gasteiger partial charge in [0.1, 0.15) is 0 Å². The molecule has 1 unspecified atom stereocenters. The zero-order valence-electron chi connectivity index (χ0n) is 10.7. The molecule has 1 aliphatic heterocycles. The molecule has 1 aliphatic rings. The molecule has 2 N–H and O–H groups in total. The molecule has 2 heterocycles. The molecule has 1 amide bonds. The van der Waals surface area contributed by atoms with Gasteiger partial charge >= 0.3 is 0 Å². The van der Waals surface area contributed by atoms with E-state index in [-0.39, 0.29) is 12.0 Å². The van der Waals surface area contributed by atoms with Crippen LogP contribution < -0.4 is 10.6 Å². The van der Waals surface area contributed by atoms with E-state index >= 15 is 0 Å². The van der Waals surface area contributed by atoms with Gasteiger partial charge in [0.25, 0.3) is 5.91 Å². The van der Waals surface area contributed by atoms with E-state index in [1.54, 1.807) is 7.05 Å². The number of benzene rings is 1. The molecule has 5 heteroatoms. The molecule has 19 heavy (non-hydrogen) atoms. The second kappa shape index (κ2) is 5.28. The normalized spacial score (nSPS) is 19.5. The number of hydrogen-bond acceptors (Lipinski definition) is 4. The number of fused-ring (bicyclic) bond motifs is 1. The minimum Gasteiger partial charge on any atom is -0.371 e. The number of amides is 1. The van der Waals surface area contributed by atoms with Crippen LogP contribution in [-0.4, -0.2) is 32.7 Å². The van der Waals surface area contributed by atoms with Crippen LogP contribution in [0.4, 0.5) is 0 Å². The second-order valence-electron chi connectivity index (χ2n) is 4.48. The minimum absolute atomic E-state index is 0.0367. The van der Waals surface area contributed by atoms with Crippen molar-refractivity contribution in [3.05, 3.63) is 34.7 Å². The van der Waals surface area contributed by atoms with Crippen LogP contribution >= 0.6 is 11.3 Å². The summed E-state index contributed by atoms with van der Waals surface area (Å²) in [5.41, 5.74) is 1.02. The van der Waals surface area contributed by atoms with E-state index in [0.717, 1.165) is 33.6 Å². The lowest BCUT2D eigenvalue weighted by molar-refractivity contribution is 0.0282. The number of carbonyl (C=O) groups is 1. The second-order valence-corrected chi connectivity index (χ2v) is 5.54. The summed E-state index contributed by atoms with van der Waals surface area (Å²) >= 11 is 1.53. The molecule has 4 nitrogen and oxygen atoms in total. The molecule has 1 aromatic heterocycles. The Labute approximate surface area is 115 Å². The van der Waals surface area contributed by atoms with Crippen molar-refractivity contribution in [2.75, 3.05) is 26.7 Å². The number of morpholine rings is 1. The van der Waals surface area contributed by atoms with Gasteiger partial charge in [0.05, 0.1) is 17.6 Å². The highest BCUT2D eigenvalue weighted by Gasteiger charge is 2.26. The monoisotopic (exact) mass is 276 g/mol. The molecule has 0 radical (unpaired) electrons. The molecular weight excluding hydrogens is 260 g/mol. The number of thiophene rings is 1. The topological polar surface area (TPSA) is 50.4 Å². The lowest BCUT2D eigenvalue weighted by Gasteiger charge is -2.24. The van der Waals surface area contributed by atoms with Gasteiger partial charge in [-0.25, -0.2) is 0 Å². The first-order valence-electron chi connectivity index (χ1n) is 6.37. The molecular formula is C14H16N2O2S. The van der Waals surface area contributed by atoms with E-state index in [9.17, 15) is 4.79 Å². The summed E-state index contributed by atoms with van der Waals surface area (Å²) in [5, 5.41) is 7.16. The Morgan fingerprint density at radius 3 is 3.05 bits per heavy atom. The smallest absolute Gasteiger partial charge is 0.261 e. The van der Waals surface area contributed by atoms with Crippen molar-refractivity contribution in [2.45, 2.75) is 6.10 Å². The molecule has 1 atom stereocenters. The minimum atomic E-state index is -0.0443. The summed E-state index contributed by atoms with van der Waals surface area (Å²) < 4.78 is 6.96. The van der Waals surface area contributed by atoms with E-state index in [1.165, 1.54) is 11.3 Å². The molecule has 1 aromatic carbocycles. The van der Waals surface area contributed by atoms with Crippen LogP contribution in [0.1, 0.15) is 21.3 Å². The van der Waals surface area contributed by atoms with Crippen LogP contribution in [-0.2, 0) is 4.74 Å². The molecule has 3 rings (SSSR count). The van der Waals surface area contributed by atoms with E-state index in [1.807, 2.05) is 18.2 Å². The fraction of sp³-hybridized carbons (Fsp3) is 0.357. The summed E-state index contributed by atoms with van der Waals surface area (Å²) in [6.45, 7) is 2.31. The maximum absolute atomic E-state index is 12.1. The molecule has 100 valence electrons. The predicted molar refractivity (Wildman–Crippen MR) is 76.8 cm³/mol. The van der Waals surface area contributed by atoms with Crippen LogP contribution in [0, 0.1) is 0 Å². The third kappa shape index (κ3) is 2.25. The van der Waals surface area contributed by atoms with Gasteiger partial charge in [-0.1, -0.05) is 18.2 Å². The Balaban J connectivity index is 2.15. The zero-order chi connectivity index (χ0) is 13.2. The molecule has 0 spiro atoms. The number of nitrogens with one attached hydrogen (secondary N) is 2. The first kappa shape index (κ1) is 12.6. The molecule has 1 fully saturated rings. The third-order valence-electron chi connectivity index (χ3n) is 3.32. The molecule has 0 aliphatic carbocycles. The Morgan fingerprint density at radius 2 is 2.32 bits per heavy atom. The highest BCUT2D eigenvalue weighted by molar-refractivity contribution is 7.21. The van der Waals surface area contributed by atoms with Crippen molar-refractivity contribution in [1.82, 2.24) is 10.6 Å². The van der Waals surface area contributed by atoms with Crippen molar-refractivity contribution < 1.29 is 9.53 Å². The maximum Gasteiger partial charge on any atom is 0.261 e. The van der Waals surface area contributed by atoms with Gasteiger partial charge < -0.3 is 15.4 Å². The number of hydrogen-bond donors (Lipinski definition) is 2. The van der Waals surface area contributed by atoms with Gasteiger partial charge in [-0.2, -0.15) is 0 Å². The Hall–Kier alpha value is -1.43. The van der Waals surface area contributed by atoms with Crippen molar-refractivity contribution in [3.8, 4) is 0 Å². The lowest BCUT2D eigenvalue weighted by atomic mass is 10.0. The SMILES string of the molecule is CNC(=O)c1sc2ccccc2c1C1CNCCO1. The highest BCUT2D eigenvalue weighted by Crippen LogP contribution is 2.37. The maximum atomic E-state index is 12.1. The fourth-order valence-corrected chi connectivity index (χ4v) is 3.62. The first-order valence-corrected chi connectivity index (χ1v) is 7.18. The largest absolute Gasteiger partial charge is 0.371 e. The van der Waals surface area contributed by atoms with Crippen molar-refractivity contribution in [3.63, 3.8) is 0 Å². The summed E-state index contributed by atoms with van der Waals surface area (Å²) in [6.07, 6.45) is -0.0443. The van der Waals surface area contributed by atoms with Gasteiger partial charge in [-0.05, 0) is 11.5 Å². The van der Waals surface area contributed by atoms with Crippen molar-refractivity contribution in [2.24, 2.45) is 0 Å². The van der Waals surface area contributed by atoms with Gasteiger partial charge in [-0.15, -0.1) is 11.3 Å². The highest BCUT2D eigenvalue weighted by atomic mass is 32.1. The van der Waals surface area contributed by atoms with E-state index in [0.29, 0.717) is 6.61 Å². The van der Waals surface area contributed by atoms with E-state index in [2.05, 4.69) is 16.7 Å². The van der Waals surface area contributed by atoms with E-state index in [4.69, 9.17) is 4.74 Å². The van der Waals surface area contributed by atoms with Crippen LogP contribution in [0.2, 0.25) is 0 Å². The summed E-state index contributed by atoms with van der Waals surface area (Å²) in [4.78, 5) is 12.8. The van der Waals surface area contributed by atoms with Crippen molar-refractivity contribution in [1.29, 1.82) is 0 Å². The fourth-order valence-electron chi connectivity index (χ4n) is 2.42. The Bertz CT molecular complexity index is 603. The summed E-state index contributed by atoms with van der Waals surface area (Å²) in [5.74, 6) is -0.0367. The third-order valence-corrected chi connectivity index (χ3v) is 4.50. The van der Waals surface area contributed by atoms with Crippen LogP contribution in [0.3, 0.4) is 0 Å². The Morgan fingerprint density at radius 1 is 1.47 bits per heavy atom. The predicted octanol–water partition coefficient (Wildman–Crippen LogP) is 1.92. The van der Waals surface area contributed by atoms with Gasteiger partial charge in [0.15, 0.2) is 0 Å².